The lowest BCUT2D eigenvalue weighted by Gasteiger charge is -2.70. The van der Waals surface area contributed by atoms with Gasteiger partial charge in [0.2, 0.25) is 5.91 Å². The highest BCUT2D eigenvalue weighted by Gasteiger charge is 2.66. The van der Waals surface area contributed by atoms with Gasteiger partial charge in [0.1, 0.15) is 5.01 Å². The van der Waals surface area contributed by atoms with E-state index in [1.807, 2.05) is 17.6 Å². The van der Waals surface area contributed by atoms with Crippen LogP contribution in [0.3, 0.4) is 0 Å². The highest BCUT2D eigenvalue weighted by Crippen LogP contribution is 2.54. The smallest absolute Gasteiger partial charge is 0.225 e. The maximum atomic E-state index is 12.9. The Bertz CT molecular complexity index is 814. The van der Waals surface area contributed by atoms with Gasteiger partial charge in [0.05, 0.1) is 18.7 Å². The van der Waals surface area contributed by atoms with Crippen LogP contribution in [-0.4, -0.2) is 57.1 Å². The lowest BCUT2D eigenvalue weighted by Crippen LogP contribution is -2.84. The minimum Gasteiger partial charge on any atom is -0.395 e. The molecule has 1 aromatic carbocycles. The van der Waals surface area contributed by atoms with E-state index in [2.05, 4.69) is 39.0 Å². The SMILES string of the molecule is O=C(C1CCCC1)N1CC2(C1)[C@@H](c1ccccc1)[C@@H](CO)N2Cc1nccs1. The van der Waals surface area contributed by atoms with Crippen LogP contribution in [0.25, 0.3) is 0 Å². The third-order valence-electron chi connectivity index (χ3n) is 7.02. The number of likely N-dealkylation sites (tertiary alicyclic amines) is 2. The van der Waals surface area contributed by atoms with Gasteiger partial charge in [0, 0.05) is 42.5 Å². The van der Waals surface area contributed by atoms with Crippen LogP contribution in [0.4, 0.5) is 0 Å². The van der Waals surface area contributed by atoms with Crippen LogP contribution >= 0.6 is 11.3 Å². The number of amides is 1. The van der Waals surface area contributed by atoms with Crippen molar-refractivity contribution in [3.05, 3.63) is 52.5 Å². The van der Waals surface area contributed by atoms with Crippen LogP contribution < -0.4 is 0 Å². The van der Waals surface area contributed by atoms with Gasteiger partial charge in [0.15, 0.2) is 0 Å². The Hall–Kier alpha value is -1.76. The molecule has 1 aliphatic carbocycles. The molecular formula is C22H27N3O2S. The molecule has 1 aromatic heterocycles. The Balaban J connectivity index is 1.40. The van der Waals surface area contributed by atoms with Crippen molar-refractivity contribution in [2.24, 2.45) is 5.92 Å². The first-order valence-electron chi connectivity index (χ1n) is 10.3. The number of aliphatic hydroxyl groups is 1. The van der Waals surface area contributed by atoms with Gasteiger partial charge in [-0.05, 0) is 18.4 Å². The molecule has 0 radical (unpaired) electrons. The third kappa shape index (κ3) is 2.81. The van der Waals surface area contributed by atoms with E-state index >= 15 is 0 Å². The number of aromatic nitrogens is 1. The van der Waals surface area contributed by atoms with Crippen molar-refractivity contribution in [1.82, 2.24) is 14.8 Å². The molecule has 28 heavy (non-hydrogen) atoms. The molecule has 2 aliphatic heterocycles. The van der Waals surface area contributed by atoms with E-state index in [-0.39, 0.29) is 30.0 Å². The van der Waals surface area contributed by atoms with Gasteiger partial charge in [0.25, 0.3) is 0 Å². The van der Waals surface area contributed by atoms with Gasteiger partial charge in [-0.2, -0.15) is 0 Å². The predicted molar refractivity (Wildman–Crippen MR) is 109 cm³/mol. The number of rotatable bonds is 5. The summed E-state index contributed by atoms with van der Waals surface area (Å²) in [7, 11) is 0. The molecule has 1 saturated carbocycles. The first-order valence-corrected chi connectivity index (χ1v) is 11.2. The van der Waals surface area contributed by atoms with Crippen LogP contribution in [0.15, 0.2) is 41.9 Å². The maximum absolute atomic E-state index is 12.9. The summed E-state index contributed by atoms with van der Waals surface area (Å²) in [6.45, 7) is 2.41. The van der Waals surface area contributed by atoms with Gasteiger partial charge in [-0.3, -0.25) is 9.69 Å². The van der Waals surface area contributed by atoms with E-state index < -0.39 is 0 Å². The molecule has 148 valence electrons. The molecule has 1 amide bonds. The molecule has 2 aromatic rings. The summed E-state index contributed by atoms with van der Waals surface area (Å²) in [5, 5.41) is 13.3. The molecule has 0 unspecified atom stereocenters. The van der Waals surface area contributed by atoms with Crippen LogP contribution in [0.5, 0.6) is 0 Å². The number of benzene rings is 1. The lowest BCUT2D eigenvalue weighted by molar-refractivity contribution is -0.202. The minimum absolute atomic E-state index is 0.0747. The number of carbonyl (C=O) groups excluding carboxylic acids is 1. The highest BCUT2D eigenvalue weighted by atomic mass is 32.1. The molecule has 1 N–H and O–H groups in total. The molecule has 6 heteroatoms. The fourth-order valence-electron chi connectivity index (χ4n) is 5.69. The summed E-state index contributed by atoms with van der Waals surface area (Å²) in [6, 6.07) is 10.6. The fraction of sp³-hybridized carbons (Fsp3) is 0.545. The number of aliphatic hydroxyl groups excluding tert-OH is 1. The quantitative estimate of drug-likeness (QED) is 0.843. The van der Waals surface area contributed by atoms with E-state index in [0.29, 0.717) is 5.91 Å². The van der Waals surface area contributed by atoms with Gasteiger partial charge in [-0.1, -0.05) is 43.2 Å². The molecule has 2 saturated heterocycles. The number of nitrogens with zero attached hydrogens (tertiary/aromatic N) is 3. The first-order chi connectivity index (χ1) is 13.7. The van der Waals surface area contributed by atoms with Crippen molar-refractivity contribution in [1.29, 1.82) is 0 Å². The van der Waals surface area contributed by atoms with Crippen molar-refractivity contribution < 1.29 is 9.90 Å². The van der Waals surface area contributed by atoms with Crippen molar-refractivity contribution in [3.8, 4) is 0 Å². The fourth-order valence-corrected chi connectivity index (χ4v) is 6.31. The van der Waals surface area contributed by atoms with E-state index in [4.69, 9.17) is 0 Å². The molecule has 0 bridgehead atoms. The standard InChI is InChI=1S/C22H27N3O2S/c26-13-18-20(16-6-2-1-3-7-16)22(25(18)12-19-23-10-11-28-19)14-24(15-22)21(27)17-8-4-5-9-17/h1-3,6-7,10-11,17-18,20,26H,4-5,8-9,12-15H2/t18-,20+/m1/s1. The number of carbonyl (C=O) groups is 1. The Morgan fingerprint density at radius 2 is 1.96 bits per heavy atom. The van der Waals surface area contributed by atoms with E-state index in [1.54, 1.807) is 11.3 Å². The van der Waals surface area contributed by atoms with Crippen LogP contribution in [0, 0.1) is 5.92 Å². The average molecular weight is 398 g/mol. The van der Waals surface area contributed by atoms with Crippen LogP contribution in [-0.2, 0) is 11.3 Å². The largest absolute Gasteiger partial charge is 0.395 e. The lowest BCUT2D eigenvalue weighted by atomic mass is 9.60. The maximum Gasteiger partial charge on any atom is 0.225 e. The van der Waals surface area contributed by atoms with Crippen molar-refractivity contribution in [2.75, 3.05) is 19.7 Å². The monoisotopic (exact) mass is 397 g/mol. The molecule has 3 heterocycles. The minimum atomic E-state index is -0.0747. The Kier molecular flexibility index (Phi) is 4.73. The third-order valence-corrected chi connectivity index (χ3v) is 7.78. The van der Waals surface area contributed by atoms with Gasteiger partial charge < -0.3 is 10.0 Å². The Morgan fingerprint density at radius 1 is 1.21 bits per heavy atom. The Morgan fingerprint density at radius 3 is 2.61 bits per heavy atom. The van der Waals surface area contributed by atoms with Gasteiger partial charge >= 0.3 is 0 Å². The first kappa shape index (κ1) is 18.3. The number of thiazole rings is 1. The molecule has 3 fully saturated rings. The molecule has 2 atom stereocenters. The van der Waals surface area contributed by atoms with E-state index in [1.165, 1.54) is 18.4 Å². The van der Waals surface area contributed by atoms with Crippen molar-refractivity contribution in [2.45, 2.75) is 49.7 Å². The molecule has 1 spiro atoms. The molecule has 5 rings (SSSR count). The second-order valence-corrected chi connectivity index (χ2v) is 9.45. The summed E-state index contributed by atoms with van der Waals surface area (Å²) in [5.74, 6) is 0.830. The highest BCUT2D eigenvalue weighted by molar-refractivity contribution is 7.09. The summed E-state index contributed by atoms with van der Waals surface area (Å²) in [6.07, 6.45) is 6.31. The topological polar surface area (TPSA) is 56.7 Å². The molecule has 5 nitrogen and oxygen atoms in total. The predicted octanol–water partition coefficient (Wildman–Crippen LogP) is 2.87. The zero-order valence-electron chi connectivity index (χ0n) is 16.0. The van der Waals surface area contributed by atoms with Crippen LogP contribution in [0.2, 0.25) is 0 Å². The molecular weight excluding hydrogens is 370 g/mol. The zero-order valence-corrected chi connectivity index (χ0v) is 16.9. The van der Waals surface area contributed by atoms with E-state index in [0.717, 1.165) is 37.5 Å². The summed E-state index contributed by atoms with van der Waals surface area (Å²) < 4.78 is 0. The summed E-state index contributed by atoms with van der Waals surface area (Å²) in [5.41, 5.74) is 1.19. The Labute approximate surface area is 170 Å². The van der Waals surface area contributed by atoms with Gasteiger partial charge in [-0.25, -0.2) is 4.98 Å². The zero-order chi connectivity index (χ0) is 19.1. The summed E-state index contributed by atoms with van der Waals surface area (Å²) in [4.78, 5) is 21.8. The summed E-state index contributed by atoms with van der Waals surface area (Å²) >= 11 is 1.66. The normalized spacial score (nSPS) is 27.0. The van der Waals surface area contributed by atoms with Crippen molar-refractivity contribution >= 4 is 17.2 Å². The van der Waals surface area contributed by atoms with Crippen molar-refractivity contribution in [3.63, 3.8) is 0 Å². The van der Waals surface area contributed by atoms with E-state index in [9.17, 15) is 9.90 Å². The molecule has 3 aliphatic rings. The number of hydrogen-bond acceptors (Lipinski definition) is 5. The second-order valence-electron chi connectivity index (χ2n) is 8.47. The van der Waals surface area contributed by atoms with Crippen LogP contribution in [0.1, 0.15) is 42.2 Å². The average Bonchev–Trinajstić information content (AvgIpc) is 3.38. The second kappa shape index (κ2) is 7.25. The number of hydrogen-bond donors (Lipinski definition) is 1. The van der Waals surface area contributed by atoms with Gasteiger partial charge in [-0.15, -0.1) is 11.3 Å².